The highest BCUT2D eigenvalue weighted by atomic mass is 79.9. The third kappa shape index (κ3) is 3.24. The second-order valence-electron chi connectivity index (χ2n) is 3.20. The molecule has 1 aromatic heterocycles. The molecule has 5 heteroatoms. The van der Waals surface area contributed by atoms with Crippen LogP contribution in [0.3, 0.4) is 0 Å². The van der Waals surface area contributed by atoms with Gasteiger partial charge >= 0.3 is 0 Å². The molecule has 1 aromatic rings. The molecule has 0 N–H and O–H groups in total. The van der Waals surface area contributed by atoms with Crippen molar-refractivity contribution in [3.63, 3.8) is 0 Å². The number of aromatic nitrogens is 1. The van der Waals surface area contributed by atoms with E-state index in [1.807, 2.05) is 6.20 Å². The van der Waals surface area contributed by atoms with E-state index in [1.165, 1.54) is 0 Å². The first kappa shape index (κ1) is 10.4. The van der Waals surface area contributed by atoms with E-state index in [4.69, 9.17) is 4.74 Å². The van der Waals surface area contributed by atoms with Gasteiger partial charge < -0.3 is 4.74 Å². The van der Waals surface area contributed by atoms with Crippen LogP contribution in [0, 0.1) is 0 Å². The summed E-state index contributed by atoms with van der Waals surface area (Å²) in [6.07, 6.45) is 4.08. The molecule has 0 radical (unpaired) electrons. The van der Waals surface area contributed by atoms with Crippen LogP contribution in [0.4, 0.5) is 0 Å². The van der Waals surface area contributed by atoms with E-state index >= 15 is 0 Å². The SMILES string of the molecule is CN(C[C@H]1CO1)Sc1cncc(Br)c1. The largest absolute Gasteiger partial charge is 0.372 e. The summed E-state index contributed by atoms with van der Waals surface area (Å²) in [5, 5.41) is 0. The number of likely N-dealkylation sites (N-methyl/N-ethyl adjacent to an activating group) is 1. The van der Waals surface area contributed by atoms with E-state index in [0.29, 0.717) is 6.10 Å². The second-order valence-corrected chi connectivity index (χ2v) is 5.39. The smallest absolute Gasteiger partial charge is 0.0945 e. The summed E-state index contributed by atoms with van der Waals surface area (Å²) in [7, 11) is 2.06. The Bertz CT molecular complexity index is 319. The van der Waals surface area contributed by atoms with Crippen molar-refractivity contribution in [2.24, 2.45) is 0 Å². The molecule has 2 rings (SSSR count). The summed E-state index contributed by atoms with van der Waals surface area (Å²) >= 11 is 5.08. The molecule has 2 heterocycles. The van der Waals surface area contributed by atoms with Crippen LogP contribution in [0.25, 0.3) is 0 Å². The fourth-order valence-electron chi connectivity index (χ4n) is 1.12. The molecule has 0 amide bonds. The number of hydrogen-bond donors (Lipinski definition) is 0. The zero-order chi connectivity index (χ0) is 9.97. The predicted molar refractivity (Wildman–Crippen MR) is 60.2 cm³/mol. The van der Waals surface area contributed by atoms with Crippen molar-refractivity contribution in [3.05, 3.63) is 22.9 Å². The van der Waals surface area contributed by atoms with Crippen molar-refractivity contribution < 1.29 is 4.74 Å². The highest BCUT2D eigenvalue weighted by molar-refractivity contribution is 9.10. The van der Waals surface area contributed by atoms with Crippen molar-refractivity contribution in [2.45, 2.75) is 11.0 Å². The van der Waals surface area contributed by atoms with E-state index in [2.05, 4.69) is 38.3 Å². The van der Waals surface area contributed by atoms with Gasteiger partial charge in [-0.2, -0.15) is 0 Å². The first-order chi connectivity index (χ1) is 6.74. The number of halogens is 1. The van der Waals surface area contributed by atoms with Gasteiger partial charge in [-0.05, 0) is 41.0 Å². The Morgan fingerprint density at radius 2 is 2.50 bits per heavy atom. The van der Waals surface area contributed by atoms with E-state index < -0.39 is 0 Å². The minimum atomic E-state index is 0.438. The maximum atomic E-state index is 5.16. The average Bonchev–Trinajstić information content (AvgIpc) is 2.87. The number of hydrogen-bond acceptors (Lipinski definition) is 4. The molecule has 1 aliphatic heterocycles. The zero-order valence-corrected chi connectivity index (χ0v) is 10.2. The number of pyridine rings is 1. The van der Waals surface area contributed by atoms with Gasteiger partial charge in [0.05, 0.1) is 12.7 Å². The summed E-state index contributed by atoms with van der Waals surface area (Å²) in [5.41, 5.74) is 0. The zero-order valence-electron chi connectivity index (χ0n) is 7.81. The van der Waals surface area contributed by atoms with Gasteiger partial charge in [-0.1, -0.05) is 0 Å². The number of epoxide rings is 1. The van der Waals surface area contributed by atoms with Gasteiger partial charge in [0.1, 0.15) is 0 Å². The van der Waals surface area contributed by atoms with E-state index in [-0.39, 0.29) is 0 Å². The average molecular weight is 275 g/mol. The summed E-state index contributed by atoms with van der Waals surface area (Å²) in [4.78, 5) is 5.25. The lowest BCUT2D eigenvalue weighted by atomic mass is 10.5. The van der Waals surface area contributed by atoms with Crippen LogP contribution in [0.2, 0.25) is 0 Å². The topological polar surface area (TPSA) is 28.7 Å². The molecule has 0 aromatic carbocycles. The highest BCUT2D eigenvalue weighted by Crippen LogP contribution is 2.24. The third-order valence-electron chi connectivity index (χ3n) is 1.80. The minimum Gasteiger partial charge on any atom is -0.372 e. The van der Waals surface area contributed by atoms with Crippen LogP contribution in [0.1, 0.15) is 0 Å². The molecular weight excluding hydrogens is 264 g/mol. The third-order valence-corrected chi connectivity index (χ3v) is 3.13. The van der Waals surface area contributed by atoms with E-state index in [1.54, 1.807) is 18.1 Å². The van der Waals surface area contributed by atoms with Crippen molar-refractivity contribution in [1.82, 2.24) is 9.29 Å². The first-order valence-corrected chi connectivity index (χ1v) is 5.92. The van der Waals surface area contributed by atoms with Crippen molar-refractivity contribution in [3.8, 4) is 0 Å². The van der Waals surface area contributed by atoms with Crippen molar-refractivity contribution in [2.75, 3.05) is 20.2 Å². The lowest BCUT2D eigenvalue weighted by Crippen LogP contribution is -2.15. The molecule has 14 heavy (non-hydrogen) atoms. The van der Waals surface area contributed by atoms with Crippen LogP contribution < -0.4 is 0 Å². The Morgan fingerprint density at radius 1 is 1.71 bits per heavy atom. The maximum absolute atomic E-state index is 5.16. The van der Waals surface area contributed by atoms with Crippen LogP contribution in [0.5, 0.6) is 0 Å². The normalized spacial score (nSPS) is 20.1. The van der Waals surface area contributed by atoms with E-state index in [9.17, 15) is 0 Å². The molecule has 0 saturated carbocycles. The molecule has 1 atom stereocenters. The van der Waals surface area contributed by atoms with Crippen LogP contribution in [-0.2, 0) is 4.74 Å². The Kier molecular flexibility index (Phi) is 3.43. The lowest BCUT2D eigenvalue weighted by Gasteiger charge is -2.13. The number of rotatable bonds is 4. The number of ether oxygens (including phenoxy) is 1. The van der Waals surface area contributed by atoms with Gasteiger partial charge in [0.15, 0.2) is 0 Å². The predicted octanol–water partition coefficient (Wildman–Crippen LogP) is 2.18. The molecule has 1 saturated heterocycles. The highest BCUT2D eigenvalue weighted by Gasteiger charge is 2.24. The quantitative estimate of drug-likeness (QED) is 0.622. The molecular formula is C9H11BrN2OS. The van der Waals surface area contributed by atoms with Crippen molar-refractivity contribution in [1.29, 1.82) is 0 Å². The molecule has 1 fully saturated rings. The van der Waals surface area contributed by atoms with Gasteiger partial charge in [-0.3, -0.25) is 4.98 Å². The maximum Gasteiger partial charge on any atom is 0.0945 e. The van der Waals surface area contributed by atoms with Gasteiger partial charge in [-0.25, -0.2) is 4.31 Å². The Hall–Kier alpha value is -0.100. The molecule has 1 aliphatic rings. The first-order valence-electron chi connectivity index (χ1n) is 4.35. The Morgan fingerprint density at radius 3 is 3.14 bits per heavy atom. The summed E-state index contributed by atoms with van der Waals surface area (Å²) in [6, 6.07) is 2.06. The fraction of sp³-hybridized carbons (Fsp3) is 0.444. The van der Waals surface area contributed by atoms with E-state index in [0.717, 1.165) is 22.5 Å². The van der Waals surface area contributed by atoms with Gasteiger partial charge in [0.2, 0.25) is 0 Å². The Labute approximate surface area is 96.1 Å². The summed E-state index contributed by atoms with van der Waals surface area (Å²) in [5.74, 6) is 0. The van der Waals surface area contributed by atoms with Gasteiger partial charge in [0, 0.05) is 28.3 Å². The monoisotopic (exact) mass is 274 g/mol. The summed E-state index contributed by atoms with van der Waals surface area (Å²) in [6.45, 7) is 1.87. The van der Waals surface area contributed by atoms with Crippen LogP contribution in [0.15, 0.2) is 27.8 Å². The minimum absolute atomic E-state index is 0.438. The fourth-order valence-corrected chi connectivity index (χ4v) is 2.52. The van der Waals surface area contributed by atoms with Crippen LogP contribution >= 0.6 is 27.9 Å². The molecule has 3 nitrogen and oxygen atoms in total. The second kappa shape index (κ2) is 4.61. The van der Waals surface area contributed by atoms with Gasteiger partial charge in [-0.15, -0.1) is 0 Å². The van der Waals surface area contributed by atoms with Crippen LogP contribution in [-0.4, -0.2) is 35.6 Å². The summed E-state index contributed by atoms with van der Waals surface area (Å²) < 4.78 is 8.34. The van der Waals surface area contributed by atoms with Crippen molar-refractivity contribution >= 4 is 27.9 Å². The molecule has 0 bridgehead atoms. The number of nitrogens with zero attached hydrogens (tertiary/aromatic N) is 2. The van der Waals surface area contributed by atoms with Gasteiger partial charge in [0.25, 0.3) is 0 Å². The molecule has 0 spiro atoms. The lowest BCUT2D eigenvalue weighted by molar-refractivity contribution is 0.373. The Balaban J connectivity index is 1.88. The molecule has 0 aliphatic carbocycles. The molecule has 76 valence electrons. The standard InChI is InChI=1S/C9H11BrN2OS/c1-12(5-8-6-13-8)14-9-2-7(10)3-11-4-9/h2-4,8H,5-6H2,1H3/t8-/m0/s1. The molecule has 0 unspecified atom stereocenters.